The standard InChI is InChI=1S/C20H19ClN2O3/c1-14-10-17(22-26-14)12-23(2)20(24)13-25-19-9-8-16(11-18(19)21)15-6-4-3-5-7-15/h3-11H,12-13H2,1-2H3. The molecule has 0 aliphatic carbocycles. The zero-order valence-corrected chi connectivity index (χ0v) is 15.4. The lowest BCUT2D eigenvalue weighted by atomic mass is 10.1. The Morgan fingerprint density at radius 1 is 1.15 bits per heavy atom. The van der Waals surface area contributed by atoms with E-state index in [0.717, 1.165) is 11.1 Å². The first kappa shape index (κ1) is 18.0. The maximum atomic E-state index is 12.2. The third-order valence-corrected chi connectivity index (χ3v) is 4.19. The van der Waals surface area contributed by atoms with Crippen LogP contribution in [-0.2, 0) is 11.3 Å². The van der Waals surface area contributed by atoms with Crippen molar-refractivity contribution < 1.29 is 14.1 Å². The Hall–Kier alpha value is -2.79. The van der Waals surface area contributed by atoms with Crippen molar-refractivity contribution in [3.63, 3.8) is 0 Å². The van der Waals surface area contributed by atoms with E-state index in [9.17, 15) is 4.79 Å². The van der Waals surface area contributed by atoms with Crippen LogP contribution in [-0.4, -0.2) is 29.6 Å². The van der Waals surface area contributed by atoms with E-state index < -0.39 is 0 Å². The highest BCUT2D eigenvalue weighted by atomic mass is 35.5. The number of benzene rings is 2. The molecule has 6 heteroatoms. The molecule has 0 radical (unpaired) electrons. The Labute approximate surface area is 157 Å². The fourth-order valence-corrected chi connectivity index (χ4v) is 2.74. The zero-order chi connectivity index (χ0) is 18.5. The summed E-state index contributed by atoms with van der Waals surface area (Å²) in [4.78, 5) is 13.8. The van der Waals surface area contributed by atoms with Crippen LogP contribution in [0.3, 0.4) is 0 Å². The first-order valence-corrected chi connectivity index (χ1v) is 8.54. The lowest BCUT2D eigenvalue weighted by Gasteiger charge is -2.16. The number of hydrogen-bond donors (Lipinski definition) is 0. The molecule has 0 aliphatic rings. The zero-order valence-electron chi connectivity index (χ0n) is 14.6. The summed E-state index contributed by atoms with van der Waals surface area (Å²) in [6.45, 7) is 2.07. The molecule has 0 bridgehead atoms. The lowest BCUT2D eigenvalue weighted by Crippen LogP contribution is -2.31. The highest BCUT2D eigenvalue weighted by molar-refractivity contribution is 6.32. The summed E-state index contributed by atoms with van der Waals surface area (Å²) in [5.41, 5.74) is 2.76. The van der Waals surface area contributed by atoms with Crippen LogP contribution >= 0.6 is 11.6 Å². The van der Waals surface area contributed by atoms with Crippen LogP contribution in [0.1, 0.15) is 11.5 Å². The van der Waals surface area contributed by atoms with Crippen molar-refractivity contribution in [2.45, 2.75) is 13.5 Å². The molecule has 3 rings (SSSR count). The number of ether oxygens (including phenoxy) is 1. The first-order valence-electron chi connectivity index (χ1n) is 8.17. The van der Waals surface area contributed by atoms with Gasteiger partial charge in [-0.25, -0.2) is 0 Å². The van der Waals surface area contributed by atoms with Crippen LogP contribution in [0, 0.1) is 6.92 Å². The van der Waals surface area contributed by atoms with E-state index in [4.69, 9.17) is 20.9 Å². The number of halogens is 1. The molecule has 0 N–H and O–H groups in total. The fourth-order valence-electron chi connectivity index (χ4n) is 2.50. The molecular formula is C20H19ClN2O3. The minimum Gasteiger partial charge on any atom is -0.482 e. The summed E-state index contributed by atoms with van der Waals surface area (Å²) in [7, 11) is 1.69. The molecule has 26 heavy (non-hydrogen) atoms. The molecule has 1 aromatic heterocycles. The summed E-state index contributed by atoms with van der Waals surface area (Å²) in [6.07, 6.45) is 0. The smallest absolute Gasteiger partial charge is 0.260 e. The van der Waals surface area contributed by atoms with E-state index >= 15 is 0 Å². The molecular weight excluding hydrogens is 352 g/mol. The molecule has 1 amide bonds. The van der Waals surface area contributed by atoms with E-state index in [0.29, 0.717) is 28.8 Å². The monoisotopic (exact) mass is 370 g/mol. The number of likely N-dealkylation sites (N-methyl/N-ethyl adjacent to an activating group) is 1. The second kappa shape index (κ2) is 8.06. The lowest BCUT2D eigenvalue weighted by molar-refractivity contribution is -0.132. The van der Waals surface area contributed by atoms with Gasteiger partial charge in [-0.3, -0.25) is 4.79 Å². The number of amides is 1. The normalized spacial score (nSPS) is 10.6. The van der Waals surface area contributed by atoms with Crippen molar-refractivity contribution >= 4 is 17.5 Å². The molecule has 0 fully saturated rings. The molecule has 0 saturated heterocycles. The van der Waals surface area contributed by atoms with Crippen LogP contribution in [0.25, 0.3) is 11.1 Å². The van der Waals surface area contributed by atoms with E-state index in [1.807, 2.05) is 49.4 Å². The maximum Gasteiger partial charge on any atom is 0.260 e. The third kappa shape index (κ3) is 4.43. The predicted octanol–water partition coefficient (Wildman–Crippen LogP) is 4.34. The molecule has 0 atom stereocenters. The highest BCUT2D eigenvalue weighted by Crippen LogP contribution is 2.30. The van der Waals surface area contributed by atoms with Gasteiger partial charge in [-0.15, -0.1) is 0 Å². The second-order valence-corrected chi connectivity index (χ2v) is 6.39. The van der Waals surface area contributed by atoms with E-state index in [1.54, 1.807) is 19.2 Å². The summed E-state index contributed by atoms with van der Waals surface area (Å²) >= 11 is 6.30. The van der Waals surface area contributed by atoms with E-state index in [2.05, 4.69) is 5.16 Å². The first-order chi connectivity index (χ1) is 12.5. The van der Waals surface area contributed by atoms with Crippen LogP contribution in [0.5, 0.6) is 5.75 Å². The van der Waals surface area contributed by atoms with Gasteiger partial charge in [0.2, 0.25) is 0 Å². The number of aryl methyl sites for hydroxylation is 1. The molecule has 0 spiro atoms. The number of aromatic nitrogens is 1. The van der Waals surface area contributed by atoms with Gasteiger partial charge in [-0.1, -0.05) is 53.2 Å². The van der Waals surface area contributed by atoms with Gasteiger partial charge < -0.3 is 14.2 Å². The van der Waals surface area contributed by atoms with Crippen molar-refractivity contribution in [2.75, 3.05) is 13.7 Å². The van der Waals surface area contributed by atoms with Crippen LogP contribution in [0.2, 0.25) is 5.02 Å². The molecule has 0 aliphatic heterocycles. The van der Waals surface area contributed by atoms with Gasteiger partial charge in [-0.2, -0.15) is 0 Å². The summed E-state index contributed by atoms with van der Waals surface area (Å²) in [5, 5.41) is 4.34. The SMILES string of the molecule is Cc1cc(CN(C)C(=O)COc2ccc(-c3ccccc3)cc2Cl)no1. The van der Waals surface area contributed by atoms with Crippen molar-refractivity contribution in [1.29, 1.82) is 0 Å². The van der Waals surface area contributed by atoms with Gasteiger partial charge >= 0.3 is 0 Å². The van der Waals surface area contributed by atoms with Crippen LogP contribution < -0.4 is 4.74 Å². The predicted molar refractivity (Wildman–Crippen MR) is 100 cm³/mol. The molecule has 0 saturated carbocycles. The van der Waals surface area contributed by atoms with Gasteiger partial charge in [0.15, 0.2) is 6.61 Å². The highest BCUT2D eigenvalue weighted by Gasteiger charge is 2.13. The Kier molecular flexibility index (Phi) is 5.58. The van der Waals surface area contributed by atoms with Crippen molar-refractivity contribution in [3.05, 3.63) is 71.1 Å². The molecule has 3 aromatic rings. The fraction of sp³-hybridized carbons (Fsp3) is 0.200. The Morgan fingerprint density at radius 3 is 2.58 bits per heavy atom. The topological polar surface area (TPSA) is 55.6 Å². The number of carbonyl (C=O) groups is 1. The minimum atomic E-state index is -0.172. The van der Waals surface area contributed by atoms with E-state index in [-0.39, 0.29) is 12.5 Å². The van der Waals surface area contributed by atoms with Gasteiger partial charge in [0.05, 0.1) is 11.6 Å². The van der Waals surface area contributed by atoms with Crippen LogP contribution in [0.15, 0.2) is 59.1 Å². The second-order valence-electron chi connectivity index (χ2n) is 5.98. The number of rotatable bonds is 6. The summed E-state index contributed by atoms with van der Waals surface area (Å²) in [5.74, 6) is 1.02. The number of nitrogens with zero attached hydrogens (tertiary/aromatic N) is 2. The maximum absolute atomic E-state index is 12.2. The quantitative estimate of drug-likeness (QED) is 0.647. The summed E-state index contributed by atoms with van der Waals surface area (Å²) in [6, 6.07) is 17.2. The number of hydrogen-bond acceptors (Lipinski definition) is 4. The molecule has 1 heterocycles. The molecule has 134 valence electrons. The van der Waals surface area contributed by atoms with E-state index in [1.165, 1.54) is 4.90 Å². The average Bonchev–Trinajstić information content (AvgIpc) is 3.05. The van der Waals surface area contributed by atoms with Gasteiger partial charge in [0, 0.05) is 13.1 Å². The third-order valence-electron chi connectivity index (χ3n) is 3.89. The molecule has 0 unspecified atom stereocenters. The molecule has 2 aromatic carbocycles. The van der Waals surface area contributed by atoms with Crippen molar-refractivity contribution in [3.8, 4) is 16.9 Å². The Morgan fingerprint density at radius 2 is 1.92 bits per heavy atom. The molecule has 5 nitrogen and oxygen atoms in total. The van der Waals surface area contributed by atoms with Gasteiger partial charge in [-0.05, 0) is 30.2 Å². The van der Waals surface area contributed by atoms with Crippen molar-refractivity contribution in [1.82, 2.24) is 10.1 Å². The van der Waals surface area contributed by atoms with Gasteiger partial charge in [0.25, 0.3) is 5.91 Å². The van der Waals surface area contributed by atoms with Crippen molar-refractivity contribution in [2.24, 2.45) is 0 Å². The van der Waals surface area contributed by atoms with Crippen LogP contribution in [0.4, 0.5) is 0 Å². The van der Waals surface area contributed by atoms with Gasteiger partial charge in [0.1, 0.15) is 17.2 Å². The Bertz CT molecular complexity index is 893. The average molecular weight is 371 g/mol. The minimum absolute atomic E-state index is 0.0995. The summed E-state index contributed by atoms with van der Waals surface area (Å²) < 4.78 is 10.6. The Balaban J connectivity index is 1.59. The largest absolute Gasteiger partial charge is 0.482 e. The number of carbonyl (C=O) groups excluding carboxylic acids is 1.